The minimum Gasteiger partial charge on any atom is -0.337 e. The fraction of sp³-hybridized carbons (Fsp3) is 0.250. The van der Waals surface area contributed by atoms with E-state index in [9.17, 15) is 17.6 Å². The summed E-state index contributed by atoms with van der Waals surface area (Å²) in [6.45, 7) is -0.731. The fourth-order valence-electron chi connectivity index (χ4n) is 2.70. The Hall–Kier alpha value is -2.82. The third kappa shape index (κ3) is 6.09. The van der Waals surface area contributed by atoms with Gasteiger partial charge < -0.3 is 9.42 Å². The van der Waals surface area contributed by atoms with Crippen molar-refractivity contribution in [3.05, 3.63) is 70.8 Å². The first-order valence-electron chi connectivity index (χ1n) is 9.14. The van der Waals surface area contributed by atoms with Gasteiger partial charge in [-0.25, -0.2) is 12.8 Å². The van der Waals surface area contributed by atoms with Crippen molar-refractivity contribution in [3.8, 4) is 11.4 Å². The first-order valence-corrected chi connectivity index (χ1v) is 11.4. The van der Waals surface area contributed by atoms with E-state index >= 15 is 0 Å². The van der Waals surface area contributed by atoms with Gasteiger partial charge in [-0.2, -0.15) is 9.29 Å². The Bertz CT molecular complexity index is 1170. The summed E-state index contributed by atoms with van der Waals surface area (Å²) < 4.78 is 44.3. The van der Waals surface area contributed by atoms with Gasteiger partial charge in [0.05, 0.1) is 19.3 Å². The van der Waals surface area contributed by atoms with Gasteiger partial charge in [-0.15, -0.1) is 0 Å². The molecule has 0 N–H and O–H groups in total. The van der Waals surface area contributed by atoms with Crippen molar-refractivity contribution in [2.45, 2.75) is 13.1 Å². The minimum atomic E-state index is -3.76. The van der Waals surface area contributed by atoms with Crippen LogP contribution in [-0.2, 0) is 27.9 Å². The standard InChI is InChI=1S/C20H20ClFN4O4S/c1-25(12-18-23-20(24-30-18)14-7-9-16(21)10-8-14)19(27)13-26(31(2,28)29)11-15-5-3-4-6-17(15)22/h3-10H,11-13H2,1-2H3. The molecule has 1 amide bonds. The molecule has 0 unspecified atom stereocenters. The van der Waals surface area contributed by atoms with Gasteiger partial charge in [-0.1, -0.05) is 35.0 Å². The molecule has 8 nitrogen and oxygen atoms in total. The van der Waals surface area contributed by atoms with Crippen molar-refractivity contribution in [2.75, 3.05) is 19.8 Å². The smallest absolute Gasteiger partial charge is 0.246 e. The molecule has 0 aliphatic rings. The van der Waals surface area contributed by atoms with Gasteiger partial charge in [-0.3, -0.25) is 4.79 Å². The molecule has 0 aliphatic heterocycles. The molecule has 164 valence electrons. The molecule has 0 saturated heterocycles. The largest absolute Gasteiger partial charge is 0.337 e. The number of hydrogen-bond donors (Lipinski definition) is 0. The lowest BCUT2D eigenvalue weighted by atomic mass is 10.2. The van der Waals surface area contributed by atoms with Gasteiger partial charge in [0.1, 0.15) is 5.82 Å². The van der Waals surface area contributed by atoms with Gasteiger partial charge in [0.15, 0.2) is 0 Å². The first-order chi connectivity index (χ1) is 14.6. The van der Waals surface area contributed by atoms with Crippen molar-refractivity contribution in [1.82, 2.24) is 19.3 Å². The lowest BCUT2D eigenvalue weighted by molar-refractivity contribution is -0.131. The summed E-state index contributed by atoms with van der Waals surface area (Å²) in [6.07, 6.45) is 0.970. The molecule has 0 saturated carbocycles. The van der Waals surface area contributed by atoms with Crippen molar-refractivity contribution in [3.63, 3.8) is 0 Å². The summed E-state index contributed by atoms with van der Waals surface area (Å²) in [5.41, 5.74) is 0.870. The zero-order valence-electron chi connectivity index (χ0n) is 16.8. The maximum atomic E-state index is 13.9. The molecule has 1 heterocycles. The van der Waals surface area contributed by atoms with Crippen LogP contribution in [0.5, 0.6) is 0 Å². The van der Waals surface area contributed by atoms with E-state index in [2.05, 4.69) is 10.1 Å². The van der Waals surface area contributed by atoms with Crippen LogP contribution in [0, 0.1) is 5.82 Å². The fourth-order valence-corrected chi connectivity index (χ4v) is 3.55. The van der Waals surface area contributed by atoms with Crippen LogP contribution in [0.4, 0.5) is 4.39 Å². The van der Waals surface area contributed by atoms with Gasteiger partial charge in [0.25, 0.3) is 0 Å². The van der Waals surface area contributed by atoms with Gasteiger partial charge in [-0.05, 0) is 30.3 Å². The molecule has 31 heavy (non-hydrogen) atoms. The third-order valence-corrected chi connectivity index (χ3v) is 5.90. The van der Waals surface area contributed by atoms with Crippen molar-refractivity contribution in [1.29, 1.82) is 0 Å². The van der Waals surface area contributed by atoms with Gasteiger partial charge in [0, 0.05) is 29.7 Å². The second kappa shape index (κ2) is 9.54. The topological polar surface area (TPSA) is 96.6 Å². The number of sulfonamides is 1. The Balaban J connectivity index is 1.67. The Morgan fingerprint density at radius 3 is 2.45 bits per heavy atom. The summed E-state index contributed by atoms with van der Waals surface area (Å²) in [4.78, 5) is 18.1. The van der Waals surface area contributed by atoms with E-state index in [4.69, 9.17) is 16.1 Å². The maximum Gasteiger partial charge on any atom is 0.246 e. The minimum absolute atomic E-state index is 0.0171. The maximum absolute atomic E-state index is 13.9. The van der Waals surface area contributed by atoms with E-state index < -0.39 is 28.3 Å². The van der Waals surface area contributed by atoms with E-state index in [1.165, 1.54) is 30.1 Å². The van der Waals surface area contributed by atoms with Crippen molar-refractivity contribution >= 4 is 27.5 Å². The number of likely N-dealkylation sites (N-methyl/N-ethyl adjacent to an activating group) is 1. The lowest BCUT2D eigenvalue weighted by Gasteiger charge is -2.23. The van der Waals surface area contributed by atoms with Crippen molar-refractivity contribution < 1.29 is 22.1 Å². The highest BCUT2D eigenvalue weighted by Gasteiger charge is 2.24. The summed E-state index contributed by atoms with van der Waals surface area (Å²) in [7, 11) is -2.28. The predicted octanol–water partition coefficient (Wildman–Crippen LogP) is 2.95. The number of aromatic nitrogens is 2. The zero-order valence-corrected chi connectivity index (χ0v) is 18.4. The van der Waals surface area contributed by atoms with Gasteiger partial charge in [0.2, 0.25) is 27.6 Å². The van der Waals surface area contributed by atoms with Crippen LogP contribution in [0.1, 0.15) is 11.5 Å². The van der Waals surface area contributed by atoms with Crippen LogP contribution in [0.2, 0.25) is 5.02 Å². The van der Waals surface area contributed by atoms with Crippen molar-refractivity contribution in [2.24, 2.45) is 0 Å². The number of halogens is 2. The average molecular weight is 467 g/mol. The molecule has 0 fully saturated rings. The van der Waals surface area contributed by atoms with Crippen LogP contribution in [0.25, 0.3) is 11.4 Å². The summed E-state index contributed by atoms with van der Waals surface area (Å²) >= 11 is 5.87. The number of rotatable bonds is 8. The van der Waals surface area contributed by atoms with E-state index in [0.29, 0.717) is 16.4 Å². The summed E-state index contributed by atoms with van der Waals surface area (Å²) in [5.74, 6) is -0.531. The molecule has 0 aliphatic carbocycles. The number of hydrogen-bond acceptors (Lipinski definition) is 6. The molecule has 2 aromatic carbocycles. The highest BCUT2D eigenvalue weighted by Crippen LogP contribution is 2.19. The van der Waals surface area contributed by atoms with Gasteiger partial charge >= 0.3 is 0 Å². The molecular weight excluding hydrogens is 447 g/mol. The van der Waals surface area contributed by atoms with Crippen LogP contribution >= 0.6 is 11.6 Å². The number of carbonyl (C=O) groups is 1. The summed E-state index contributed by atoms with van der Waals surface area (Å²) in [6, 6.07) is 12.7. The van der Waals surface area contributed by atoms with Crippen LogP contribution < -0.4 is 0 Å². The van der Waals surface area contributed by atoms with E-state index in [-0.39, 0.29) is 24.5 Å². The quantitative estimate of drug-likeness (QED) is 0.506. The van der Waals surface area contributed by atoms with E-state index in [1.807, 2.05) is 0 Å². The highest BCUT2D eigenvalue weighted by molar-refractivity contribution is 7.88. The second-order valence-corrected chi connectivity index (χ2v) is 9.31. The number of benzene rings is 2. The number of carbonyl (C=O) groups excluding carboxylic acids is 1. The van der Waals surface area contributed by atoms with Crippen LogP contribution in [0.15, 0.2) is 53.1 Å². The second-order valence-electron chi connectivity index (χ2n) is 6.89. The molecule has 0 radical (unpaired) electrons. The zero-order chi connectivity index (χ0) is 22.6. The Morgan fingerprint density at radius 2 is 1.81 bits per heavy atom. The Morgan fingerprint density at radius 1 is 1.13 bits per heavy atom. The SMILES string of the molecule is CN(Cc1nc(-c2ccc(Cl)cc2)no1)C(=O)CN(Cc1ccccc1F)S(C)(=O)=O. The lowest BCUT2D eigenvalue weighted by Crippen LogP contribution is -2.40. The molecule has 1 aromatic heterocycles. The van der Waals surface area contributed by atoms with E-state index in [1.54, 1.807) is 30.3 Å². The Kier molecular flexibility index (Phi) is 7.04. The number of amides is 1. The first kappa shape index (κ1) is 22.9. The van der Waals surface area contributed by atoms with Crippen LogP contribution in [-0.4, -0.2) is 53.5 Å². The average Bonchev–Trinajstić information content (AvgIpc) is 3.17. The third-order valence-electron chi connectivity index (χ3n) is 4.45. The molecule has 3 rings (SSSR count). The molecule has 0 atom stereocenters. The Labute approximate surface area is 184 Å². The predicted molar refractivity (Wildman–Crippen MR) is 113 cm³/mol. The van der Waals surface area contributed by atoms with E-state index in [0.717, 1.165) is 10.6 Å². The summed E-state index contributed by atoms with van der Waals surface area (Å²) in [5, 5.41) is 4.45. The normalized spacial score (nSPS) is 11.6. The molecular formula is C20H20ClFN4O4S. The molecule has 11 heteroatoms. The highest BCUT2D eigenvalue weighted by atomic mass is 35.5. The molecule has 3 aromatic rings. The molecule has 0 spiro atoms. The number of nitrogens with zero attached hydrogens (tertiary/aromatic N) is 4. The molecule has 0 bridgehead atoms. The monoisotopic (exact) mass is 466 g/mol. The van der Waals surface area contributed by atoms with Crippen LogP contribution in [0.3, 0.4) is 0 Å².